The summed E-state index contributed by atoms with van der Waals surface area (Å²) in [4.78, 5) is 0. The molecule has 0 aliphatic carbocycles. The molecule has 0 aromatic carbocycles. The van der Waals surface area contributed by atoms with Crippen LogP contribution in [0.25, 0.3) is 0 Å². The maximum absolute atomic E-state index is 7.72. The molecule has 0 aromatic rings. The van der Waals surface area contributed by atoms with Gasteiger partial charge in [-0.05, 0) is 0 Å². The fourth-order valence-electron chi connectivity index (χ4n) is 0. The molecule has 30 valence electrons. The molecule has 0 atom stereocenters. The van der Waals surface area contributed by atoms with Gasteiger partial charge in [-0.2, -0.15) is 0 Å². The average molecular weight is 149 g/mol. The van der Waals surface area contributed by atoms with Crippen molar-refractivity contribution in [2.75, 3.05) is 0 Å². The summed E-state index contributed by atoms with van der Waals surface area (Å²) in [7, 11) is 0. The van der Waals surface area contributed by atoms with Crippen LogP contribution in [-0.2, 0) is 0 Å². The van der Waals surface area contributed by atoms with E-state index in [0.717, 1.165) is 0 Å². The Bertz CT molecular complexity index is 10.8. The van der Waals surface area contributed by atoms with Crippen molar-refractivity contribution < 1.29 is 45.2 Å². The number of hydrogen-bond donors (Lipinski definition) is 0. The van der Waals surface area contributed by atoms with E-state index in [2.05, 4.69) is 11.9 Å². The Morgan fingerprint density at radius 1 is 1.00 bits per heavy atom. The van der Waals surface area contributed by atoms with Crippen molar-refractivity contribution in [3.05, 3.63) is 0 Å². The molecule has 0 unspecified atom stereocenters. The molecule has 0 saturated carbocycles. The van der Waals surface area contributed by atoms with Crippen molar-refractivity contribution in [2.24, 2.45) is 0 Å². The SMILES string of the molecule is [Ca+2].[Na+].[O-]Cl.[OH-].[OH-]. The molecule has 0 aliphatic rings. The first kappa shape index (κ1) is 39.6. The summed E-state index contributed by atoms with van der Waals surface area (Å²) in [5.74, 6) is 0. The van der Waals surface area contributed by atoms with Crippen molar-refractivity contribution in [1.82, 2.24) is 0 Å². The zero-order valence-corrected chi connectivity index (χ0v) is 8.35. The summed E-state index contributed by atoms with van der Waals surface area (Å²) < 4.78 is 7.72. The Morgan fingerprint density at radius 3 is 1.00 bits per heavy atom. The second-order valence-corrected chi connectivity index (χ2v) is 0. The first-order chi connectivity index (χ1) is 1.00. The molecule has 0 rings (SSSR count). The van der Waals surface area contributed by atoms with Crippen LogP contribution < -0.4 is 34.2 Å². The molecule has 3 nitrogen and oxygen atoms in total. The van der Waals surface area contributed by atoms with E-state index in [1.54, 1.807) is 0 Å². The second-order valence-electron chi connectivity index (χ2n) is 0. The fraction of sp³-hybridized carbons (Fsp3) is 0. The van der Waals surface area contributed by atoms with Crippen molar-refractivity contribution in [2.45, 2.75) is 0 Å². The maximum atomic E-state index is 7.72. The van der Waals surface area contributed by atoms with Gasteiger partial charge in [0.1, 0.15) is 0 Å². The van der Waals surface area contributed by atoms with Gasteiger partial charge < -0.3 is 15.6 Å². The molecular formula is H2CaClNaO3. The Morgan fingerprint density at radius 2 is 1.00 bits per heavy atom. The number of hydrogen-bond acceptors (Lipinski definition) is 3. The zero-order chi connectivity index (χ0) is 2.00. The maximum Gasteiger partial charge on any atom is 2.00 e. The molecule has 0 radical (unpaired) electrons. The van der Waals surface area contributed by atoms with Gasteiger partial charge in [0.25, 0.3) is 0 Å². The first-order valence-corrected chi connectivity index (χ1v) is 0.463. The normalized spacial score (nSPS) is 1.00. The molecule has 0 spiro atoms. The van der Waals surface area contributed by atoms with Crippen LogP contribution in [-0.4, -0.2) is 48.7 Å². The summed E-state index contributed by atoms with van der Waals surface area (Å²) in [5.41, 5.74) is 0. The molecular weight excluding hydrogens is 147 g/mol. The minimum atomic E-state index is 0. The van der Waals surface area contributed by atoms with Gasteiger partial charge in [0.2, 0.25) is 0 Å². The van der Waals surface area contributed by atoms with Gasteiger partial charge in [-0.3, -0.25) is 0 Å². The van der Waals surface area contributed by atoms with Crippen LogP contribution in [0.3, 0.4) is 0 Å². The number of halogens is 1. The topological polar surface area (TPSA) is 83.1 Å². The molecule has 0 heterocycles. The van der Waals surface area contributed by atoms with Crippen LogP contribution in [0.5, 0.6) is 0 Å². The van der Waals surface area contributed by atoms with Crippen LogP contribution >= 0.6 is 11.9 Å². The molecule has 0 aromatic heterocycles. The van der Waals surface area contributed by atoms with Gasteiger partial charge in [-0.15, -0.1) is 0 Å². The summed E-state index contributed by atoms with van der Waals surface area (Å²) in [6.07, 6.45) is 0. The number of rotatable bonds is 0. The van der Waals surface area contributed by atoms with E-state index < -0.39 is 0 Å². The van der Waals surface area contributed by atoms with Crippen LogP contribution in [0.4, 0.5) is 0 Å². The smallest absolute Gasteiger partial charge is 0.870 e. The van der Waals surface area contributed by atoms with Gasteiger partial charge in [0.15, 0.2) is 0 Å². The van der Waals surface area contributed by atoms with Gasteiger partial charge in [0.05, 0.1) is 0 Å². The third kappa shape index (κ3) is 32.1. The van der Waals surface area contributed by atoms with Crippen molar-refractivity contribution >= 4 is 49.6 Å². The van der Waals surface area contributed by atoms with E-state index in [0.29, 0.717) is 0 Å². The Kier molecular flexibility index (Phi) is 343. The zero-order valence-electron chi connectivity index (χ0n) is 3.39. The molecule has 0 saturated heterocycles. The summed E-state index contributed by atoms with van der Waals surface area (Å²) in [5, 5.41) is 0. The largest absolute Gasteiger partial charge is 2.00 e. The third-order valence-electron chi connectivity index (χ3n) is 0. The predicted molar refractivity (Wildman–Crippen MR) is 15.5 cm³/mol. The van der Waals surface area contributed by atoms with Gasteiger partial charge in [-0.25, -0.2) is 11.9 Å². The molecule has 2 N–H and O–H groups in total. The van der Waals surface area contributed by atoms with E-state index in [-0.39, 0.29) is 78.2 Å². The monoisotopic (exact) mass is 148 g/mol. The van der Waals surface area contributed by atoms with Crippen molar-refractivity contribution in [3.63, 3.8) is 0 Å². The van der Waals surface area contributed by atoms with Crippen LogP contribution in [0.1, 0.15) is 0 Å². The van der Waals surface area contributed by atoms with E-state index in [1.165, 1.54) is 0 Å². The van der Waals surface area contributed by atoms with Crippen LogP contribution in [0.15, 0.2) is 0 Å². The minimum absolute atomic E-state index is 0. The first-order valence-electron chi connectivity index (χ1n) is 0.154. The van der Waals surface area contributed by atoms with Gasteiger partial charge in [-0.1, -0.05) is 0 Å². The molecule has 0 aliphatic heterocycles. The van der Waals surface area contributed by atoms with Crippen LogP contribution in [0, 0.1) is 0 Å². The molecule has 6 heavy (non-hydrogen) atoms. The van der Waals surface area contributed by atoms with E-state index in [9.17, 15) is 0 Å². The van der Waals surface area contributed by atoms with Crippen molar-refractivity contribution in [1.29, 1.82) is 0 Å². The Labute approximate surface area is 93.1 Å². The molecule has 0 amide bonds. The summed E-state index contributed by atoms with van der Waals surface area (Å²) in [6, 6.07) is 0. The second kappa shape index (κ2) is 52.0. The van der Waals surface area contributed by atoms with Gasteiger partial charge >= 0.3 is 67.3 Å². The Balaban J connectivity index is -0.000000000833. The predicted octanol–water partition coefficient (Wildman–Crippen LogP) is -4.23. The fourth-order valence-corrected chi connectivity index (χ4v) is 0. The minimum Gasteiger partial charge on any atom is -0.870 e. The molecule has 0 fully saturated rings. The van der Waals surface area contributed by atoms with Crippen LogP contribution in [0.2, 0.25) is 0 Å². The third-order valence-corrected chi connectivity index (χ3v) is 0. The average Bonchev–Trinajstić information content (AvgIpc) is 1.00. The van der Waals surface area contributed by atoms with Crippen molar-refractivity contribution in [3.8, 4) is 0 Å². The van der Waals surface area contributed by atoms with E-state index >= 15 is 0 Å². The summed E-state index contributed by atoms with van der Waals surface area (Å²) >= 11 is 3.39. The van der Waals surface area contributed by atoms with E-state index in [4.69, 9.17) is 4.66 Å². The van der Waals surface area contributed by atoms with Gasteiger partial charge in [0, 0.05) is 0 Å². The van der Waals surface area contributed by atoms with E-state index in [1.807, 2.05) is 0 Å². The summed E-state index contributed by atoms with van der Waals surface area (Å²) in [6.45, 7) is 0. The molecule has 6 heteroatoms. The standard InChI is InChI=1S/Ca.ClO.Na.2H2O/c;1-2;;;/h;;;2*1H2/q+2;-1;+1;;/p-2. The Hall–Kier alpha value is 2.43. The molecule has 0 bridgehead atoms. The quantitative estimate of drug-likeness (QED) is 0.327.